The molecule has 1 fully saturated rings. The van der Waals surface area contributed by atoms with E-state index in [1.54, 1.807) is 56.5 Å². The molecule has 1 atom stereocenters. The molecule has 162 valence electrons. The molecule has 0 aliphatic carbocycles. The number of aromatic hydroxyl groups is 1. The molecule has 1 aliphatic heterocycles. The van der Waals surface area contributed by atoms with Crippen molar-refractivity contribution in [3.63, 3.8) is 0 Å². The number of anilines is 1. The van der Waals surface area contributed by atoms with Crippen molar-refractivity contribution in [1.82, 2.24) is 0 Å². The van der Waals surface area contributed by atoms with Crippen LogP contribution < -0.4 is 9.64 Å². The second kappa shape index (κ2) is 8.23. The Hall–Kier alpha value is -4.06. The van der Waals surface area contributed by atoms with Crippen molar-refractivity contribution >= 4 is 23.1 Å². The van der Waals surface area contributed by atoms with Gasteiger partial charge in [0.1, 0.15) is 17.3 Å². The van der Waals surface area contributed by atoms with Gasteiger partial charge < -0.3 is 14.9 Å². The van der Waals surface area contributed by atoms with Gasteiger partial charge in [-0.2, -0.15) is 0 Å². The van der Waals surface area contributed by atoms with Gasteiger partial charge in [0.15, 0.2) is 0 Å². The number of phenols is 1. The second-order valence-electron chi connectivity index (χ2n) is 7.73. The first-order valence-corrected chi connectivity index (χ1v) is 10.1. The second-order valence-corrected chi connectivity index (χ2v) is 7.73. The molecule has 1 saturated heterocycles. The zero-order valence-corrected chi connectivity index (χ0v) is 18.0. The van der Waals surface area contributed by atoms with Crippen molar-refractivity contribution in [2.24, 2.45) is 0 Å². The van der Waals surface area contributed by atoms with E-state index < -0.39 is 17.7 Å². The zero-order valence-electron chi connectivity index (χ0n) is 18.0. The van der Waals surface area contributed by atoms with Crippen molar-refractivity contribution in [1.29, 1.82) is 0 Å². The minimum Gasteiger partial charge on any atom is -0.508 e. The Balaban J connectivity index is 1.97. The summed E-state index contributed by atoms with van der Waals surface area (Å²) in [5.41, 5.74) is 3.14. The number of hydrogen-bond acceptors (Lipinski definition) is 5. The molecule has 6 nitrogen and oxygen atoms in total. The summed E-state index contributed by atoms with van der Waals surface area (Å²) >= 11 is 0. The van der Waals surface area contributed by atoms with E-state index >= 15 is 0 Å². The van der Waals surface area contributed by atoms with Crippen molar-refractivity contribution in [2.45, 2.75) is 19.9 Å². The van der Waals surface area contributed by atoms with Gasteiger partial charge in [-0.3, -0.25) is 14.5 Å². The Morgan fingerprint density at radius 2 is 1.62 bits per heavy atom. The minimum absolute atomic E-state index is 0.00258. The first-order chi connectivity index (χ1) is 15.3. The number of hydrogen-bond donors (Lipinski definition) is 2. The van der Waals surface area contributed by atoms with E-state index in [1.165, 1.54) is 17.0 Å². The maximum Gasteiger partial charge on any atom is 0.300 e. The highest BCUT2D eigenvalue weighted by Gasteiger charge is 2.47. The lowest BCUT2D eigenvalue weighted by atomic mass is 9.93. The third kappa shape index (κ3) is 3.50. The zero-order chi connectivity index (χ0) is 23.0. The number of nitrogens with zero attached hydrogens (tertiary/aromatic N) is 1. The fraction of sp³-hybridized carbons (Fsp3) is 0.154. The lowest BCUT2D eigenvalue weighted by molar-refractivity contribution is -0.132. The van der Waals surface area contributed by atoms with Crippen molar-refractivity contribution < 1.29 is 24.5 Å². The number of amides is 1. The van der Waals surface area contributed by atoms with E-state index in [0.29, 0.717) is 28.1 Å². The SMILES string of the molecule is COc1ccc(/C(O)=C2/C(=O)C(=O)N(c3ccccc3C)C2c2ccc(O)cc2)c(C)c1. The predicted molar refractivity (Wildman–Crippen MR) is 122 cm³/mol. The molecular weight excluding hydrogens is 406 g/mol. The van der Waals surface area contributed by atoms with E-state index in [2.05, 4.69) is 0 Å². The fourth-order valence-corrected chi connectivity index (χ4v) is 4.06. The molecule has 0 radical (unpaired) electrons. The number of Topliss-reactive ketones (excluding diaryl/α,β-unsaturated/α-hetero) is 1. The number of rotatable bonds is 4. The van der Waals surface area contributed by atoms with Gasteiger partial charge in [0.2, 0.25) is 0 Å². The van der Waals surface area contributed by atoms with E-state index in [0.717, 1.165) is 5.56 Å². The summed E-state index contributed by atoms with van der Waals surface area (Å²) in [6.07, 6.45) is 0. The summed E-state index contributed by atoms with van der Waals surface area (Å²) in [5, 5.41) is 21.0. The third-order valence-corrected chi connectivity index (χ3v) is 5.72. The first kappa shape index (κ1) is 21.2. The molecule has 1 heterocycles. The van der Waals surface area contributed by atoms with Gasteiger partial charge in [-0.05, 0) is 66.9 Å². The van der Waals surface area contributed by atoms with Crippen molar-refractivity contribution in [3.05, 3.63) is 94.6 Å². The maximum atomic E-state index is 13.2. The number of aryl methyl sites for hydroxylation is 2. The number of para-hydroxylation sites is 1. The van der Waals surface area contributed by atoms with Gasteiger partial charge in [0.05, 0.1) is 18.7 Å². The highest BCUT2D eigenvalue weighted by Crippen LogP contribution is 2.43. The number of methoxy groups -OCH3 is 1. The Kier molecular flexibility index (Phi) is 5.45. The number of aliphatic hydroxyl groups is 1. The van der Waals surface area contributed by atoms with Crippen LogP contribution in [0.5, 0.6) is 11.5 Å². The third-order valence-electron chi connectivity index (χ3n) is 5.72. The Labute approximate surface area is 186 Å². The van der Waals surface area contributed by atoms with Crippen LogP contribution in [0.4, 0.5) is 5.69 Å². The molecule has 1 unspecified atom stereocenters. The standard InChI is InChI=1S/C26H23NO5/c1-15-6-4-5-7-21(15)27-23(17-8-10-18(28)11-9-17)22(25(30)26(27)31)24(29)20-13-12-19(32-3)14-16(20)2/h4-14,23,28-29H,1-3H3/b24-22-. The van der Waals surface area contributed by atoms with E-state index in [9.17, 15) is 19.8 Å². The smallest absolute Gasteiger partial charge is 0.300 e. The summed E-state index contributed by atoms with van der Waals surface area (Å²) in [6.45, 7) is 3.65. The fourth-order valence-electron chi connectivity index (χ4n) is 4.06. The molecule has 3 aromatic rings. The van der Waals surface area contributed by atoms with Gasteiger partial charge in [-0.25, -0.2) is 0 Å². The molecule has 2 N–H and O–H groups in total. The largest absolute Gasteiger partial charge is 0.508 e. The van der Waals surface area contributed by atoms with Crippen LogP contribution in [-0.4, -0.2) is 29.0 Å². The average Bonchev–Trinajstić information content (AvgIpc) is 3.04. The lowest BCUT2D eigenvalue weighted by Crippen LogP contribution is -2.30. The molecule has 0 aromatic heterocycles. The lowest BCUT2D eigenvalue weighted by Gasteiger charge is -2.27. The molecule has 0 spiro atoms. The molecule has 0 bridgehead atoms. The van der Waals surface area contributed by atoms with E-state index in [4.69, 9.17) is 4.74 Å². The first-order valence-electron chi connectivity index (χ1n) is 10.1. The van der Waals surface area contributed by atoms with Crippen LogP contribution in [0.25, 0.3) is 5.76 Å². The summed E-state index contributed by atoms with van der Waals surface area (Å²) < 4.78 is 5.23. The van der Waals surface area contributed by atoms with Crippen molar-refractivity contribution in [3.8, 4) is 11.5 Å². The van der Waals surface area contributed by atoms with Crippen LogP contribution in [0.1, 0.15) is 28.3 Å². The topological polar surface area (TPSA) is 87.1 Å². The van der Waals surface area contributed by atoms with Gasteiger partial charge in [-0.1, -0.05) is 30.3 Å². The van der Waals surface area contributed by atoms with Crippen LogP contribution in [0.15, 0.2) is 72.3 Å². The monoisotopic (exact) mass is 429 g/mol. The highest BCUT2D eigenvalue weighted by atomic mass is 16.5. The molecular formula is C26H23NO5. The predicted octanol–water partition coefficient (Wildman–Crippen LogP) is 4.64. The van der Waals surface area contributed by atoms with E-state index in [-0.39, 0.29) is 17.1 Å². The summed E-state index contributed by atoms with van der Waals surface area (Å²) in [4.78, 5) is 27.8. The van der Waals surface area contributed by atoms with Crippen LogP contribution >= 0.6 is 0 Å². The number of ether oxygens (including phenoxy) is 1. The van der Waals surface area contributed by atoms with Gasteiger partial charge in [0, 0.05) is 11.3 Å². The van der Waals surface area contributed by atoms with E-state index in [1.807, 2.05) is 19.1 Å². The van der Waals surface area contributed by atoms with Gasteiger partial charge in [-0.15, -0.1) is 0 Å². The number of phenolic OH excluding ortho intramolecular Hbond substituents is 1. The van der Waals surface area contributed by atoms with Gasteiger partial charge >= 0.3 is 0 Å². The van der Waals surface area contributed by atoms with Crippen LogP contribution in [-0.2, 0) is 9.59 Å². The molecule has 1 amide bonds. The number of benzene rings is 3. The summed E-state index contributed by atoms with van der Waals surface area (Å²) in [5.74, 6) is -1.05. The minimum atomic E-state index is -0.849. The highest BCUT2D eigenvalue weighted by molar-refractivity contribution is 6.51. The average molecular weight is 429 g/mol. The molecule has 0 saturated carbocycles. The van der Waals surface area contributed by atoms with Crippen molar-refractivity contribution in [2.75, 3.05) is 12.0 Å². The molecule has 1 aliphatic rings. The number of carbonyl (C=O) groups is 2. The summed E-state index contributed by atoms with van der Waals surface area (Å²) in [7, 11) is 1.55. The molecule has 4 rings (SSSR count). The Morgan fingerprint density at radius 3 is 2.25 bits per heavy atom. The summed E-state index contributed by atoms with van der Waals surface area (Å²) in [6, 6.07) is 17.8. The van der Waals surface area contributed by atoms with Crippen LogP contribution in [0.2, 0.25) is 0 Å². The number of carbonyl (C=O) groups excluding carboxylic acids is 2. The molecule has 32 heavy (non-hydrogen) atoms. The van der Waals surface area contributed by atoms with Crippen LogP contribution in [0.3, 0.4) is 0 Å². The molecule has 6 heteroatoms. The number of ketones is 1. The number of aliphatic hydroxyl groups excluding tert-OH is 1. The Bertz CT molecular complexity index is 1240. The normalized spacial score (nSPS) is 17.6. The van der Waals surface area contributed by atoms with Crippen LogP contribution in [0, 0.1) is 13.8 Å². The quantitative estimate of drug-likeness (QED) is 0.358. The van der Waals surface area contributed by atoms with Gasteiger partial charge in [0.25, 0.3) is 11.7 Å². The Morgan fingerprint density at radius 1 is 0.938 bits per heavy atom. The maximum absolute atomic E-state index is 13.2. The molecule has 3 aromatic carbocycles.